The van der Waals surface area contributed by atoms with Gasteiger partial charge in [-0.25, -0.2) is 0 Å². The Morgan fingerprint density at radius 1 is 0.907 bits per heavy atom. The topological polar surface area (TPSA) is 64.6 Å². The normalized spacial score (nSPS) is 31.9. The molecule has 54 heavy (non-hydrogen) atoms. The summed E-state index contributed by atoms with van der Waals surface area (Å²) >= 11 is 1.69. The fourth-order valence-corrected chi connectivity index (χ4v) is 9.50. The predicted octanol–water partition coefficient (Wildman–Crippen LogP) is 11.6. The first kappa shape index (κ1) is 47.8. The van der Waals surface area contributed by atoms with Crippen molar-refractivity contribution in [3.63, 3.8) is 0 Å². The van der Waals surface area contributed by atoms with Crippen molar-refractivity contribution in [2.75, 3.05) is 32.0 Å². The van der Waals surface area contributed by atoms with Crippen LogP contribution in [-0.2, 0) is 32.5 Å². The standard InChI is InChI=1S/C44H80O7SSi2/c1-33(22-18-17-19-23-36-30-40-44(11,31-46-43(9,10)50-40)39(49-36)25-27-45-32-52-12)28-37-34(2)38(51-54(15,16)42(6,7)8)29-35(48-37)24-20-21-26-47-53(13,14)41(3,4)5/h18-23,28,34-40H,17,24-27,29-32H2,1-16H3/b21-20+,22-18+,23-19+,33-28-/t34-,35-,36+,37+,38-,39-,40+,44-/m0/s1. The second kappa shape index (κ2) is 19.9. The van der Waals surface area contributed by atoms with Crippen LogP contribution in [0, 0.1) is 11.3 Å². The highest BCUT2D eigenvalue weighted by Gasteiger charge is 2.53. The summed E-state index contributed by atoms with van der Waals surface area (Å²) in [6, 6.07) is 0. The molecule has 3 aliphatic heterocycles. The number of hydrogen-bond donors (Lipinski definition) is 0. The summed E-state index contributed by atoms with van der Waals surface area (Å²) < 4.78 is 45.4. The SMILES string of the molecule is CSCOCC[C@@H]1O[C@H](/C=C/C/C=C/C(C)=C\[C@H]2O[C@@H](C/C=C/CO[Si](C)(C)C(C)(C)C)C[C@H](O[Si](C)(C)C(C)(C)C)[C@H]2C)C[C@H]2OC(C)(C)OC[C@@]12C. The number of hydrogen-bond acceptors (Lipinski definition) is 8. The van der Waals surface area contributed by atoms with E-state index in [9.17, 15) is 0 Å². The zero-order valence-corrected chi connectivity index (χ0v) is 40.0. The van der Waals surface area contributed by atoms with Gasteiger partial charge >= 0.3 is 0 Å². The molecule has 0 aliphatic carbocycles. The van der Waals surface area contributed by atoms with E-state index in [1.54, 1.807) is 11.8 Å². The summed E-state index contributed by atoms with van der Waals surface area (Å²) in [4.78, 5) is 0. The fourth-order valence-electron chi connectivity index (χ4n) is 6.85. The van der Waals surface area contributed by atoms with Crippen LogP contribution in [0.3, 0.4) is 0 Å². The molecule has 10 heteroatoms. The average Bonchev–Trinajstić information content (AvgIpc) is 3.04. The summed E-state index contributed by atoms with van der Waals surface area (Å²) in [5.41, 5.74) is 1.00. The van der Waals surface area contributed by atoms with Gasteiger partial charge in [-0.3, -0.25) is 0 Å². The van der Waals surface area contributed by atoms with Crippen molar-refractivity contribution in [3.05, 3.63) is 48.1 Å². The Morgan fingerprint density at radius 2 is 1.59 bits per heavy atom. The van der Waals surface area contributed by atoms with Crippen LogP contribution in [0.4, 0.5) is 0 Å². The van der Waals surface area contributed by atoms with Gasteiger partial charge in [0.2, 0.25) is 0 Å². The zero-order chi connectivity index (χ0) is 40.6. The number of allylic oxidation sites excluding steroid dienone is 4. The van der Waals surface area contributed by atoms with Gasteiger partial charge in [-0.05, 0) is 89.0 Å². The van der Waals surface area contributed by atoms with Crippen LogP contribution in [0.2, 0.25) is 36.3 Å². The van der Waals surface area contributed by atoms with Gasteiger partial charge in [0.1, 0.15) is 0 Å². The Morgan fingerprint density at radius 3 is 2.24 bits per heavy atom. The Labute approximate surface area is 338 Å². The quantitative estimate of drug-likeness (QED) is 0.0473. The number of fused-ring (bicyclic) bond motifs is 1. The van der Waals surface area contributed by atoms with E-state index in [-0.39, 0.29) is 58.0 Å². The second-order valence-electron chi connectivity index (χ2n) is 19.8. The van der Waals surface area contributed by atoms with Crippen molar-refractivity contribution >= 4 is 28.4 Å². The minimum Gasteiger partial charge on any atom is -0.413 e. The highest BCUT2D eigenvalue weighted by Crippen LogP contribution is 2.46. The molecule has 0 aromatic heterocycles. The Balaban J connectivity index is 1.66. The highest BCUT2D eigenvalue weighted by atomic mass is 32.2. The lowest BCUT2D eigenvalue weighted by Crippen LogP contribution is -2.61. The molecule has 3 rings (SSSR count). The van der Waals surface area contributed by atoms with Crippen LogP contribution >= 0.6 is 11.8 Å². The minimum absolute atomic E-state index is 0.00133. The predicted molar refractivity (Wildman–Crippen MR) is 233 cm³/mol. The average molecular weight is 809 g/mol. The maximum Gasteiger partial charge on any atom is 0.192 e. The van der Waals surface area contributed by atoms with Gasteiger partial charge in [0.15, 0.2) is 22.4 Å². The van der Waals surface area contributed by atoms with Gasteiger partial charge in [-0.15, -0.1) is 11.8 Å². The van der Waals surface area contributed by atoms with Gasteiger partial charge in [0.25, 0.3) is 0 Å². The van der Waals surface area contributed by atoms with Crippen molar-refractivity contribution in [1.29, 1.82) is 0 Å². The molecule has 312 valence electrons. The van der Waals surface area contributed by atoms with Crippen molar-refractivity contribution in [2.24, 2.45) is 11.3 Å². The molecule has 0 aromatic carbocycles. The van der Waals surface area contributed by atoms with Crippen LogP contribution in [-0.4, -0.2) is 91.1 Å². The molecule has 0 unspecified atom stereocenters. The van der Waals surface area contributed by atoms with E-state index in [0.717, 1.165) is 32.1 Å². The zero-order valence-electron chi connectivity index (χ0n) is 37.2. The second-order valence-corrected chi connectivity index (χ2v) is 30.2. The van der Waals surface area contributed by atoms with Crippen LogP contribution in [0.25, 0.3) is 0 Å². The van der Waals surface area contributed by atoms with Crippen molar-refractivity contribution in [2.45, 2.75) is 187 Å². The van der Waals surface area contributed by atoms with E-state index in [1.165, 1.54) is 5.57 Å². The van der Waals surface area contributed by atoms with Crippen LogP contribution < -0.4 is 0 Å². The highest BCUT2D eigenvalue weighted by molar-refractivity contribution is 7.98. The molecule has 0 bridgehead atoms. The van der Waals surface area contributed by atoms with Crippen LogP contribution in [0.15, 0.2) is 48.1 Å². The van der Waals surface area contributed by atoms with Crippen molar-refractivity contribution in [1.82, 2.24) is 0 Å². The van der Waals surface area contributed by atoms with Crippen molar-refractivity contribution < 1.29 is 32.5 Å². The van der Waals surface area contributed by atoms with Gasteiger partial charge in [-0.2, -0.15) is 0 Å². The molecule has 0 spiro atoms. The van der Waals surface area contributed by atoms with E-state index in [4.69, 9.17) is 32.5 Å². The van der Waals surface area contributed by atoms with Crippen LogP contribution in [0.5, 0.6) is 0 Å². The summed E-state index contributed by atoms with van der Waals surface area (Å²) in [5.74, 6) is 0.365. The van der Waals surface area contributed by atoms with Crippen molar-refractivity contribution in [3.8, 4) is 0 Å². The maximum absolute atomic E-state index is 7.09. The molecule has 3 fully saturated rings. The number of rotatable bonds is 17. The number of ether oxygens (including phenoxy) is 5. The van der Waals surface area contributed by atoms with E-state index >= 15 is 0 Å². The van der Waals surface area contributed by atoms with E-state index in [2.05, 4.69) is 137 Å². The van der Waals surface area contributed by atoms with E-state index in [1.807, 2.05) is 13.8 Å². The lowest BCUT2D eigenvalue weighted by Gasteiger charge is -2.54. The third kappa shape index (κ3) is 13.8. The van der Waals surface area contributed by atoms with Gasteiger partial charge < -0.3 is 32.5 Å². The Kier molecular flexibility index (Phi) is 17.7. The lowest BCUT2D eigenvalue weighted by molar-refractivity contribution is -0.351. The molecule has 3 aliphatic rings. The monoisotopic (exact) mass is 809 g/mol. The summed E-state index contributed by atoms with van der Waals surface area (Å²) in [5, 5.41) is 0.357. The molecule has 3 saturated heterocycles. The Bertz CT molecular complexity index is 1280. The first-order valence-electron chi connectivity index (χ1n) is 20.6. The lowest BCUT2D eigenvalue weighted by atomic mass is 9.73. The molecule has 0 saturated carbocycles. The summed E-state index contributed by atoms with van der Waals surface area (Å²) in [6.07, 6.45) is 22.2. The van der Waals surface area contributed by atoms with Gasteiger partial charge in [0.05, 0.1) is 62.4 Å². The first-order chi connectivity index (χ1) is 24.9. The number of thioether (sulfide) groups is 1. The van der Waals surface area contributed by atoms with Crippen LogP contribution in [0.1, 0.15) is 108 Å². The Hall–Kier alpha value is -0.536. The maximum atomic E-state index is 7.09. The molecule has 8 atom stereocenters. The third-order valence-corrected chi connectivity index (χ3v) is 22.1. The largest absolute Gasteiger partial charge is 0.413 e. The molecule has 3 heterocycles. The van der Waals surface area contributed by atoms with Gasteiger partial charge in [0, 0.05) is 17.8 Å². The van der Waals surface area contributed by atoms with E-state index < -0.39 is 22.4 Å². The molecular formula is C44H80O7SSi2. The molecule has 7 nitrogen and oxygen atoms in total. The molecule has 0 N–H and O–H groups in total. The molecular weight excluding hydrogens is 729 g/mol. The molecule has 0 radical (unpaired) electrons. The molecule has 0 amide bonds. The van der Waals surface area contributed by atoms with E-state index in [0.29, 0.717) is 25.8 Å². The summed E-state index contributed by atoms with van der Waals surface area (Å²) in [7, 11) is -3.73. The third-order valence-electron chi connectivity index (χ3n) is 12.7. The molecule has 0 aromatic rings. The smallest absolute Gasteiger partial charge is 0.192 e. The van der Waals surface area contributed by atoms with Gasteiger partial charge in [-0.1, -0.05) is 103 Å². The fraction of sp³-hybridized carbons (Fsp3) is 0.818. The first-order valence-corrected chi connectivity index (χ1v) is 27.8. The minimum atomic E-state index is -1.96. The summed E-state index contributed by atoms with van der Waals surface area (Å²) in [6.45, 7) is 35.9.